The fourth-order valence-corrected chi connectivity index (χ4v) is 4.10. The smallest absolute Gasteiger partial charge is 0.291 e. The molecule has 106 valence electrons. The largest absolute Gasteiger partial charge is 0.323 e. The van der Waals surface area contributed by atoms with Gasteiger partial charge in [-0.3, -0.25) is 4.79 Å². The van der Waals surface area contributed by atoms with Crippen LogP contribution < -0.4 is 5.56 Å². The molecule has 3 rings (SSSR count). The molecule has 0 saturated carbocycles. The molecule has 7 nitrogen and oxygen atoms in total. The van der Waals surface area contributed by atoms with Crippen LogP contribution in [0.2, 0.25) is 0 Å². The Labute approximate surface area is 118 Å². The second kappa shape index (κ2) is 4.13. The van der Waals surface area contributed by atoms with E-state index in [1.807, 2.05) is 6.92 Å². The summed E-state index contributed by atoms with van der Waals surface area (Å²) in [6, 6.07) is 0. The average Bonchev–Trinajstić information content (AvgIpc) is 2.90. The number of aryl methyl sites for hydroxylation is 2. The summed E-state index contributed by atoms with van der Waals surface area (Å²) in [5, 5.41) is 4.72. The molecule has 9 heteroatoms. The van der Waals surface area contributed by atoms with Gasteiger partial charge in [0, 0.05) is 25.2 Å². The molecule has 0 bridgehead atoms. The van der Waals surface area contributed by atoms with Crippen LogP contribution in [0.3, 0.4) is 0 Å². The topological polar surface area (TPSA) is 86.8 Å². The van der Waals surface area contributed by atoms with Crippen molar-refractivity contribution in [1.29, 1.82) is 0 Å². The van der Waals surface area contributed by atoms with E-state index in [0.29, 0.717) is 27.8 Å². The molecule has 0 amide bonds. The third-order valence-corrected chi connectivity index (χ3v) is 5.88. The minimum Gasteiger partial charge on any atom is -0.323 e. The number of sulfone groups is 1. The highest BCUT2D eigenvalue weighted by atomic mass is 32.2. The van der Waals surface area contributed by atoms with Gasteiger partial charge in [-0.15, -0.1) is 11.3 Å². The Balaban J connectivity index is 2.49. The fraction of sp³-hybridized carbons (Fsp3) is 0.364. The standard InChI is InChI=1S/C11H12N4O3S2/c1-4-15-10(16)7-6(5-12-15)8-9(14(7)2)13-11(19-8)20(3,17)18/h5H,4H2,1-3H3. The SMILES string of the molecule is CCn1ncc2c3sc(S(C)(=O)=O)nc3n(C)c2c1=O. The molecule has 0 N–H and O–H groups in total. The first-order valence-corrected chi connectivity index (χ1v) is 8.60. The number of aromatic nitrogens is 4. The number of hydrogen-bond donors (Lipinski definition) is 0. The van der Waals surface area contributed by atoms with Gasteiger partial charge in [-0.2, -0.15) is 5.10 Å². The summed E-state index contributed by atoms with van der Waals surface area (Å²) in [6.45, 7) is 2.32. The predicted octanol–water partition coefficient (Wildman–Crippen LogP) is 0.768. The molecule has 20 heavy (non-hydrogen) atoms. The normalized spacial score (nSPS) is 12.6. The van der Waals surface area contributed by atoms with Gasteiger partial charge >= 0.3 is 0 Å². The summed E-state index contributed by atoms with van der Waals surface area (Å²) in [4.78, 5) is 16.4. The highest BCUT2D eigenvalue weighted by Crippen LogP contribution is 2.32. The summed E-state index contributed by atoms with van der Waals surface area (Å²) in [6.07, 6.45) is 2.71. The van der Waals surface area contributed by atoms with Gasteiger partial charge in [0.2, 0.25) is 14.2 Å². The van der Waals surface area contributed by atoms with E-state index in [9.17, 15) is 13.2 Å². The van der Waals surface area contributed by atoms with E-state index < -0.39 is 9.84 Å². The van der Waals surface area contributed by atoms with Gasteiger partial charge in [-0.25, -0.2) is 18.1 Å². The molecule has 0 aromatic carbocycles. The van der Waals surface area contributed by atoms with Crippen LogP contribution in [-0.4, -0.2) is 34.0 Å². The van der Waals surface area contributed by atoms with Crippen LogP contribution in [0, 0.1) is 0 Å². The number of nitrogens with zero attached hydrogens (tertiary/aromatic N) is 4. The minimum atomic E-state index is -3.35. The average molecular weight is 312 g/mol. The summed E-state index contributed by atoms with van der Waals surface area (Å²) < 4.78 is 26.9. The van der Waals surface area contributed by atoms with Crippen LogP contribution in [0.1, 0.15) is 6.92 Å². The highest BCUT2D eigenvalue weighted by molar-refractivity contribution is 7.92. The Kier molecular flexibility index (Phi) is 2.73. The van der Waals surface area contributed by atoms with Crippen LogP contribution in [0.5, 0.6) is 0 Å². The first-order chi connectivity index (χ1) is 9.34. The van der Waals surface area contributed by atoms with Crippen molar-refractivity contribution in [3.05, 3.63) is 16.6 Å². The van der Waals surface area contributed by atoms with E-state index in [0.717, 1.165) is 17.6 Å². The molecule has 3 aromatic heterocycles. The maximum atomic E-state index is 12.3. The molecule has 0 aliphatic heterocycles. The maximum absolute atomic E-state index is 12.3. The van der Waals surface area contributed by atoms with Crippen molar-refractivity contribution < 1.29 is 8.42 Å². The van der Waals surface area contributed by atoms with Crippen molar-refractivity contribution in [1.82, 2.24) is 19.3 Å². The first kappa shape index (κ1) is 13.3. The molecule has 0 saturated heterocycles. The molecule has 0 fully saturated rings. The zero-order valence-electron chi connectivity index (χ0n) is 11.1. The van der Waals surface area contributed by atoms with E-state index in [1.165, 1.54) is 4.68 Å². The molecular weight excluding hydrogens is 300 g/mol. The van der Waals surface area contributed by atoms with Crippen LogP contribution in [0.25, 0.3) is 21.3 Å². The fourth-order valence-electron chi connectivity index (χ4n) is 2.15. The number of thiazole rings is 1. The number of rotatable bonds is 2. The van der Waals surface area contributed by atoms with Crippen molar-refractivity contribution in [3.8, 4) is 0 Å². The summed E-state index contributed by atoms with van der Waals surface area (Å²) in [5.41, 5.74) is 0.799. The third kappa shape index (κ3) is 1.70. The van der Waals surface area contributed by atoms with Crippen molar-refractivity contribution in [2.45, 2.75) is 17.8 Å². The van der Waals surface area contributed by atoms with Crippen molar-refractivity contribution in [3.63, 3.8) is 0 Å². The van der Waals surface area contributed by atoms with Gasteiger partial charge in [0.1, 0.15) is 5.52 Å². The van der Waals surface area contributed by atoms with Crippen LogP contribution in [-0.2, 0) is 23.4 Å². The molecule has 0 unspecified atom stereocenters. The van der Waals surface area contributed by atoms with E-state index in [4.69, 9.17) is 0 Å². The van der Waals surface area contributed by atoms with E-state index >= 15 is 0 Å². The Bertz CT molecular complexity index is 994. The van der Waals surface area contributed by atoms with E-state index in [-0.39, 0.29) is 9.90 Å². The lowest BCUT2D eigenvalue weighted by Crippen LogP contribution is -2.23. The Morgan fingerprint density at radius 2 is 2.10 bits per heavy atom. The van der Waals surface area contributed by atoms with E-state index in [1.54, 1.807) is 17.8 Å². The maximum Gasteiger partial charge on any atom is 0.291 e. The first-order valence-electron chi connectivity index (χ1n) is 5.89. The lowest BCUT2D eigenvalue weighted by Gasteiger charge is -2.01. The van der Waals surface area contributed by atoms with Crippen LogP contribution in [0.4, 0.5) is 0 Å². The summed E-state index contributed by atoms with van der Waals surface area (Å²) in [5.74, 6) is 0. The Morgan fingerprint density at radius 3 is 2.70 bits per heavy atom. The lowest BCUT2D eigenvalue weighted by atomic mass is 10.3. The van der Waals surface area contributed by atoms with Crippen molar-refractivity contribution in [2.24, 2.45) is 7.05 Å². The zero-order valence-corrected chi connectivity index (χ0v) is 12.7. The second-order valence-electron chi connectivity index (χ2n) is 4.49. The highest BCUT2D eigenvalue weighted by Gasteiger charge is 2.21. The molecule has 0 aliphatic carbocycles. The van der Waals surface area contributed by atoms with Gasteiger partial charge in [-0.05, 0) is 6.92 Å². The van der Waals surface area contributed by atoms with Gasteiger partial charge in [0.05, 0.1) is 10.9 Å². The van der Waals surface area contributed by atoms with Crippen molar-refractivity contribution in [2.75, 3.05) is 6.26 Å². The second-order valence-corrected chi connectivity index (χ2v) is 7.68. The Hall–Kier alpha value is -1.74. The zero-order chi connectivity index (χ0) is 14.7. The molecule has 0 atom stereocenters. The third-order valence-electron chi connectivity index (χ3n) is 3.12. The van der Waals surface area contributed by atoms with E-state index in [2.05, 4.69) is 10.1 Å². The van der Waals surface area contributed by atoms with Gasteiger partial charge in [0.15, 0.2) is 5.65 Å². The number of hydrogen-bond acceptors (Lipinski definition) is 6. The molecule has 3 aromatic rings. The molecule has 3 heterocycles. The monoisotopic (exact) mass is 312 g/mol. The van der Waals surface area contributed by atoms with Crippen LogP contribution >= 0.6 is 11.3 Å². The molecular formula is C11H12N4O3S2. The molecule has 0 spiro atoms. The predicted molar refractivity (Wildman–Crippen MR) is 76.9 cm³/mol. The van der Waals surface area contributed by atoms with Gasteiger partial charge < -0.3 is 4.57 Å². The quantitative estimate of drug-likeness (QED) is 0.697. The van der Waals surface area contributed by atoms with Gasteiger partial charge in [0.25, 0.3) is 5.56 Å². The minimum absolute atomic E-state index is 0.0553. The van der Waals surface area contributed by atoms with Crippen LogP contribution in [0.15, 0.2) is 15.3 Å². The Morgan fingerprint density at radius 1 is 1.40 bits per heavy atom. The lowest BCUT2D eigenvalue weighted by molar-refractivity contribution is 0.601. The summed E-state index contributed by atoms with van der Waals surface area (Å²) in [7, 11) is -1.65. The summed E-state index contributed by atoms with van der Waals surface area (Å²) >= 11 is 1.07. The molecule has 0 radical (unpaired) electrons. The molecule has 0 aliphatic rings. The van der Waals surface area contributed by atoms with Crippen molar-refractivity contribution >= 4 is 42.4 Å². The number of fused-ring (bicyclic) bond motifs is 3. The van der Waals surface area contributed by atoms with Gasteiger partial charge in [-0.1, -0.05) is 0 Å².